The first-order valence-electron chi connectivity index (χ1n) is 10.9. The maximum atomic E-state index is 13.1. The van der Waals surface area contributed by atoms with Crippen LogP contribution in [0.1, 0.15) is 59.9 Å². The Kier molecular flexibility index (Phi) is 7.41. The standard InChI is InChI=1S/C25H29N3O4/c1-17(2)26-23(30)18(3)28(16-19-10-5-4-6-11-19)22(29)14-9-15-27-24(31)20-12-7-8-13-21(20)25(27)32/h4-8,10-13,17-18H,9,14-16H2,1-3H3,(H,26,30)/t18-/m0/s1. The van der Waals surface area contributed by atoms with Crippen LogP contribution in [0.3, 0.4) is 0 Å². The molecule has 2 aromatic carbocycles. The molecule has 1 aliphatic rings. The van der Waals surface area contributed by atoms with Gasteiger partial charge in [-0.15, -0.1) is 0 Å². The van der Waals surface area contributed by atoms with Crippen LogP contribution in [0.4, 0.5) is 0 Å². The van der Waals surface area contributed by atoms with E-state index in [2.05, 4.69) is 5.32 Å². The highest BCUT2D eigenvalue weighted by Gasteiger charge is 2.35. The summed E-state index contributed by atoms with van der Waals surface area (Å²) >= 11 is 0. The van der Waals surface area contributed by atoms with Crippen LogP contribution in [0.5, 0.6) is 0 Å². The van der Waals surface area contributed by atoms with Crippen LogP contribution in [0.15, 0.2) is 54.6 Å². The Balaban J connectivity index is 1.65. The summed E-state index contributed by atoms with van der Waals surface area (Å²) < 4.78 is 0. The first-order valence-corrected chi connectivity index (χ1v) is 10.9. The lowest BCUT2D eigenvalue weighted by atomic mass is 10.1. The van der Waals surface area contributed by atoms with Gasteiger partial charge in [-0.05, 0) is 44.9 Å². The van der Waals surface area contributed by atoms with Crippen molar-refractivity contribution < 1.29 is 19.2 Å². The Morgan fingerprint density at radius 1 is 0.906 bits per heavy atom. The van der Waals surface area contributed by atoms with E-state index in [9.17, 15) is 19.2 Å². The van der Waals surface area contributed by atoms with Crippen molar-refractivity contribution in [3.05, 3.63) is 71.3 Å². The average Bonchev–Trinajstić information content (AvgIpc) is 3.02. The van der Waals surface area contributed by atoms with Gasteiger partial charge in [-0.2, -0.15) is 0 Å². The molecule has 0 aromatic heterocycles. The maximum Gasteiger partial charge on any atom is 0.261 e. The summed E-state index contributed by atoms with van der Waals surface area (Å²) in [6, 6.07) is 15.5. The zero-order valence-electron chi connectivity index (χ0n) is 18.7. The predicted octanol–water partition coefficient (Wildman–Crippen LogP) is 3.00. The van der Waals surface area contributed by atoms with Crippen molar-refractivity contribution in [1.82, 2.24) is 15.1 Å². The SMILES string of the molecule is CC(C)NC(=O)[C@H](C)N(Cc1ccccc1)C(=O)CCCN1C(=O)c2ccccc2C1=O. The fourth-order valence-electron chi connectivity index (χ4n) is 3.74. The van der Waals surface area contributed by atoms with E-state index in [0.717, 1.165) is 5.56 Å². The number of hydrogen-bond acceptors (Lipinski definition) is 4. The second-order valence-electron chi connectivity index (χ2n) is 8.26. The molecule has 0 radical (unpaired) electrons. The minimum atomic E-state index is -0.649. The Morgan fingerprint density at radius 2 is 1.47 bits per heavy atom. The maximum absolute atomic E-state index is 13.1. The van der Waals surface area contributed by atoms with Gasteiger partial charge in [0.25, 0.3) is 11.8 Å². The molecule has 0 fully saturated rings. The Labute approximate surface area is 188 Å². The molecule has 1 N–H and O–H groups in total. The van der Waals surface area contributed by atoms with Crippen LogP contribution in [0.2, 0.25) is 0 Å². The van der Waals surface area contributed by atoms with E-state index < -0.39 is 6.04 Å². The number of nitrogens with zero attached hydrogens (tertiary/aromatic N) is 2. The van der Waals surface area contributed by atoms with E-state index in [0.29, 0.717) is 24.1 Å². The molecule has 3 rings (SSSR count). The lowest BCUT2D eigenvalue weighted by Crippen LogP contribution is -2.49. The van der Waals surface area contributed by atoms with Gasteiger partial charge in [0.1, 0.15) is 6.04 Å². The number of carbonyl (C=O) groups is 4. The molecule has 0 aliphatic carbocycles. The first kappa shape index (κ1) is 23.2. The quantitative estimate of drug-likeness (QED) is 0.614. The monoisotopic (exact) mass is 435 g/mol. The summed E-state index contributed by atoms with van der Waals surface area (Å²) in [5.74, 6) is -1.07. The highest BCUT2D eigenvalue weighted by Crippen LogP contribution is 2.23. The van der Waals surface area contributed by atoms with E-state index in [1.807, 2.05) is 44.2 Å². The van der Waals surface area contributed by atoms with Crippen LogP contribution in [0.25, 0.3) is 0 Å². The molecule has 7 heteroatoms. The average molecular weight is 436 g/mol. The molecular formula is C25H29N3O4. The van der Waals surface area contributed by atoms with Gasteiger partial charge in [0, 0.05) is 25.6 Å². The lowest BCUT2D eigenvalue weighted by molar-refractivity contribution is -0.140. The minimum Gasteiger partial charge on any atom is -0.352 e. The molecule has 7 nitrogen and oxygen atoms in total. The molecule has 0 saturated heterocycles. The summed E-state index contributed by atoms with van der Waals surface area (Å²) in [5, 5.41) is 2.86. The Hall–Kier alpha value is -3.48. The second-order valence-corrected chi connectivity index (χ2v) is 8.26. The van der Waals surface area contributed by atoms with E-state index >= 15 is 0 Å². The van der Waals surface area contributed by atoms with Crippen molar-refractivity contribution >= 4 is 23.6 Å². The third kappa shape index (κ3) is 5.22. The first-order chi connectivity index (χ1) is 15.3. The van der Waals surface area contributed by atoms with E-state index in [-0.39, 0.29) is 42.6 Å². The van der Waals surface area contributed by atoms with Crippen LogP contribution in [-0.2, 0) is 16.1 Å². The van der Waals surface area contributed by atoms with Gasteiger partial charge >= 0.3 is 0 Å². The number of imide groups is 1. The van der Waals surface area contributed by atoms with Crippen molar-refractivity contribution in [1.29, 1.82) is 0 Å². The summed E-state index contributed by atoms with van der Waals surface area (Å²) in [6.07, 6.45) is 0.452. The van der Waals surface area contributed by atoms with Crippen LogP contribution in [0, 0.1) is 0 Å². The summed E-state index contributed by atoms with van der Waals surface area (Å²) in [5.41, 5.74) is 1.72. The van der Waals surface area contributed by atoms with Gasteiger partial charge in [-0.3, -0.25) is 24.1 Å². The van der Waals surface area contributed by atoms with Gasteiger partial charge < -0.3 is 10.2 Å². The molecule has 2 aromatic rings. The van der Waals surface area contributed by atoms with Gasteiger partial charge in [-0.1, -0.05) is 42.5 Å². The van der Waals surface area contributed by atoms with Crippen molar-refractivity contribution in [2.24, 2.45) is 0 Å². The van der Waals surface area contributed by atoms with Gasteiger partial charge in [0.05, 0.1) is 11.1 Å². The minimum absolute atomic E-state index is 0.0348. The second kappa shape index (κ2) is 10.2. The van der Waals surface area contributed by atoms with Gasteiger partial charge in [0.2, 0.25) is 11.8 Å². The fraction of sp³-hybridized carbons (Fsp3) is 0.360. The zero-order chi connectivity index (χ0) is 23.3. The van der Waals surface area contributed by atoms with Crippen LogP contribution < -0.4 is 5.32 Å². The van der Waals surface area contributed by atoms with Crippen LogP contribution in [-0.4, -0.2) is 52.1 Å². The highest BCUT2D eigenvalue weighted by atomic mass is 16.2. The molecule has 32 heavy (non-hydrogen) atoms. The third-order valence-electron chi connectivity index (χ3n) is 5.44. The molecule has 168 valence electrons. The number of amides is 4. The number of benzene rings is 2. The van der Waals surface area contributed by atoms with Crippen molar-refractivity contribution in [3.8, 4) is 0 Å². The summed E-state index contributed by atoms with van der Waals surface area (Å²) in [7, 11) is 0. The number of rotatable bonds is 9. The van der Waals surface area contributed by atoms with E-state index in [1.165, 1.54) is 4.90 Å². The molecule has 4 amide bonds. The van der Waals surface area contributed by atoms with Gasteiger partial charge in [-0.25, -0.2) is 0 Å². The molecular weight excluding hydrogens is 406 g/mol. The summed E-state index contributed by atoms with van der Waals surface area (Å²) in [4.78, 5) is 53.4. The van der Waals surface area contributed by atoms with E-state index in [1.54, 1.807) is 36.1 Å². The number of nitrogens with one attached hydrogen (secondary N) is 1. The number of fused-ring (bicyclic) bond motifs is 1. The fourth-order valence-corrected chi connectivity index (χ4v) is 3.74. The molecule has 1 heterocycles. The zero-order valence-corrected chi connectivity index (χ0v) is 18.7. The third-order valence-corrected chi connectivity index (χ3v) is 5.44. The Morgan fingerprint density at radius 3 is 2.03 bits per heavy atom. The number of carbonyl (C=O) groups excluding carboxylic acids is 4. The molecule has 1 atom stereocenters. The number of hydrogen-bond donors (Lipinski definition) is 1. The van der Waals surface area contributed by atoms with E-state index in [4.69, 9.17) is 0 Å². The normalized spacial score (nSPS) is 13.8. The largest absolute Gasteiger partial charge is 0.352 e. The molecule has 0 unspecified atom stereocenters. The highest BCUT2D eigenvalue weighted by molar-refractivity contribution is 6.21. The lowest BCUT2D eigenvalue weighted by Gasteiger charge is -2.29. The van der Waals surface area contributed by atoms with Crippen LogP contribution >= 0.6 is 0 Å². The molecule has 0 spiro atoms. The topological polar surface area (TPSA) is 86.8 Å². The smallest absolute Gasteiger partial charge is 0.261 e. The molecule has 1 aliphatic heterocycles. The van der Waals surface area contributed by atoms with Crippen molar-refractivity contribution in [2.45, 2.75) is 52.2 Å². The molecule has 0 bridgehead atoms. The summed E-state index contributed by atoms with van der Waals surface area (Å²) in [6.45, 7) is 5.91. The van der Waals surface area contributed by atoms with Crippen molar-refractivity contribution in [3.63, 3.8) is 0 Å². The Bertz CT molecular complexity index is 968. The predicted molar refractivity (Wildman–Crippen MR) is 121 cm³/mol. The van der Waals surface area contributed by atoms with Crippen molar-refractivity contribution in [2.75, 3.05) is 6.54 Å². The molecule has 0 saturated carbocycles. The van der Waals surface area contributed by atoms with Gasteiger partial charge in [0.15, 0.2) is 0 Å².